The average Bonchev–Trinajstić information content (AvgIpc) is 3.11. The van der Waals surface area contributed by atoms with Crippen molar-refractivity contribution in [1.82, 2.24) is 19.7 Å². The number of pyridine rings is 1. The fraction of sp³-hybridized carbons (Fsp3) is 0.214. The quantitative estimate of drug-likeness (QED) is 0.705. The van der Waals surface area contributed by atoms with Crippen LogP contribution < -0.4 is 0 Å². The molecule has 0 aromatic carbocycles. The van der Waals surface area contributed by atoms with Crippen molar-refractivity contribution in [3.63, 3.8) is 0 Å². The SMILES string of the molecule is COC(=O)c1ccnc2cc(C(O)c3cnn(C)c3)[nH]c12. The van der Waals surface area contributed by atoms with Crippen LogP contribution in [-0.4, -0.2) is 37.9 Å². The van der Waals surface area contributed by atoms with Gasteiger partial charge in [0.05, 0.1) is 35.6 Å². The number of hydrogen-bond acceptors (Lipinski definition) is 5. The van der Waals surface area contributed by atoms with Gasteiger partial charge in [0.15, 0.2) is 0 Å². The van der Waals surface area contributed by atoms with Gasteiger partial charge in [0.2, 0.25) is 0 Å². The molecular weight excluding hydrogens is 272 g/mol. The third-order valence-corrected chi connectivity index (χ3v) is 3.28. The topological polar surface area (TPSA) is 93.0 Å². The second-order valence-electron chi connectivity index (χ2n) is 4.68. The Bertz CT molecular complexity index is 806. The van der Waals surface area contributed by atoms with Crippen molar-refractivity contribution in [1.29, 1.82) is 0 Å². The van der Waals surface area contributed by atoms with Gasteiger partial charge in [-0.25, -0.2) is 4.79 Å². The van der Waals surface area contributed by atoms with Crippen molar-refractivity contribution in [3.8, 4) is 0 Å². The number of aromatic amines is 1. The molecular formula is C14H14N4O3. The molecule has 0 spiro atoms. The number of carbonyl (C=O) groups excluding carboxylic acids is 1. The summed E-state index contributed by atoms with van der Waals surface area (Å²) in [6, 6.07) is 3.28. The molecule has 7 heteroatoms. The molecule has 0 radical (unpaired) electrons. The first-order valence-corrected chi connectivity index (χ1v) is 6.32. The molecule has 0 aliphatic heterocycles. The predicted molar refractivity (Wildman–Crippen MR) is 74.7 cm³/mol. The molecule has 108 valence electrons. The Morgan fingerprint density at radius 2 is 2.33 bits per heavy atom. The minimum atomic E-state index is -0.863. The van der Waals surface area contributed by atoms with E-state index in [0.29, 0.717) is 27.9 Å². The van der Waals surface area contributed by atoms with Gasteiger partial charge in [-0.15, -0.1) is 0 Å². The number of H-pyrrole nitrogens is 1. The second kappa shape index (κ2) is 5.02. The largest absolute Gasteiger partial charge is 0.465 e. The monoisotopic (exact) mass is 286 g/mol. The molecule has 0 saturated heterocycles. The standard InChI is InChI=1S/C14H14N4O3/c1-18-7-8(6-16-18)13(19)11-5-10-12(17-11)9(3-4-15-10)14(20)21-2/h3-7,13,17,19H,1-2H3. The molecule has 0 aliphatic rings. The Morgan fingerprint density at radius 3 is 3.00 bits per heavy atom. The Morgan fingerprint density at radius 1 is 1.52 bits per heavy atom. The number of hydrogen-bond donors (Lipinski definition) is 2. The van der Waals surface area contributed by atoms with Crippen molar-refractivity contribution in [2.24, 2.45) is 7.05 Å². The number of nitrogens with zero attached hydrogens (tertiary/aromatic N) is 3. The van der Waals surface area contributed by atoms with Gasteiger partial charge in [0.25, 0.3) is 0 Å². The first-order valence-electron chi connectivity index (χ1n) is 6.32. The van der Waals surface area contributed by atoms with Crippen molar-refractivity contribution in [3.05, 3.63) is 47.5 Å². The maximum atomic E-state index is 11.7. The zero-order valence-corrected chi connectivity index (χ0v) is 11.6. The molecule has 3 rings (SSSR count). The Hall–Kier alpha value is -2.67. The summed E-state index contributed by atoms with van der Waals surface area (Å²) in [7, 11) is 3.10. The average molecular weight is 286 g/mol. The summed E-state index contributed by atoms with van der Waals surface area (Å²) in [5.74, 6) is -0.452. The Labute approximate surface area is 120 Å². The highest BCUT2D eigenvalue weighted by atomic mass is 16.5. The van der Waals surface area contributed by atoms with Crippen LogP contribution in [0.2, 0.25) is 0 Å². The fourth-order valence-corrected chi connectivity index (χ4v) is 2.23. The lowest BCUT2D eigenvalue weighted by Crippen LogP contribution is -2.03. The first kappa shape index (κ1) is 13.3. The molecule has 0 aliphatic carbocycles. The summed E-state index contributed by atoms with van der Waals surface area (Å²) < 4.78 is 6.35. The Balaban J connectivity index is 2.07. The number of ether oxygens (including phenoxy) is 1. The van der Waals surface area contributed by atoms with Gasteiger partial charge < -0.3 is 14.8 Å². The number of aliphatic hydroxyl groups excluding tert-OH is 1. The zero-order chi connectivity index (χ0) is 15.0. The highest BCUT2D eigenvalue weighted by Crippen LogP contribution is 2.25. The van der Waals surface area contributed by atoms with Gasteiger partial charge in [-0.3, -0.25) is 9.67 Å². The van der Waals surface area contributed by atoms with Gasteiger partial charge in [0, 0.05) is 25.0 Å². The third-order valence-electron chi connectivity index (χ3n) is 3.28. The minimum Gasteiger partial charge on any atom is -0.465 e. The van der Waals surface area contributed by atoms with Crippen LogP contribution in [0.4, 0.5) is 0 Å². The van der Waals surface area contributed by atoms with Gasteiger partial charge >= 0.3 is 5.97 Å². The van der Waals surface area contributed by atoms with Gasteiger partial charge in [-0.1, -0.05) is 0 Å². The maximum Gasteiger partial charge on any atom is 0.340 e. The summed E-state index contributed by atoms with van der Waals surface area (Å²) in [5.41, 5.74) is 2.72. The van der Waals surface area contributed by atoms with E-state index in [1.807, 2.05) is 0 Å². The van der Waals surface area contributed by atoms with Crippen LogP contribution >= 0.6 is 0 Å². The number of aryl methyl sites for hydroxylation is 1. The molecule has 0 fully saturated rings. The number of methoxy groups -OCH3 is 1. The van der Waals surface area contributed by atoms with E-state index in [9.17, 15) is 9.90 Å². The van der Waals surface area contributed by atoms with Crippen LogP contribution in [0.5, 0.6) is 0 Å². The molecule has 1 unspecified atom stereocenters. The number of nitrogens with one attached hydrogen (secondary N) is 1. The lowest BCUT2D eigenvalue weighted by Gasteiger charge is -2.05. The fourth-order valence-electron chi connectivity index (χ4n) is 2.23. The van der Waals surface area contributed by atoms with Crippen LogP contribution in [0, 0.1) is 0 Å². The van der Waals surface area contributed by atoms with Crippen LogP contribution in [0.15, 0.2) is 30.7 Å². The molecule has 7 nitrogen and oxygen atoms in total. The summed E-state index contributed by atoms with van der Waals surface area (Å²) >= 11 is 0. The summed E-state index contributed by atoms with van der Waals surface area (Å²) in [4.78, 5) is 19.0. The number of carbonyl (C=O) groups is 1. The molecule has 3 aromatic rings. The normalized spacial score (nSPS) is 12.5. The lowest BCUT2D eigenvalue weighted by atomic mass is 10.1. The highest BCUT2D eigenvalue weighted by Gasteiger charge is 2.18. The highest BCUT2D eigenvalue weighted by molar-refractivity contribution is 6.01. The zero-order valence-electron chi connectivity index (χ0n) is 11.6. The number of aromatic nitrogens is 4. The summed E-state index contributed by atoms with van der Waals surface area (Å²) in [6.45, 7) is 0. The Kier molecular flexibility index (Phi) is 3.19. The summed E-state index contributed by atoms with van der Waals surface area (Å²) in [6.07, 6.45) is 3.98. The molecule has 0 saturated carbocycles. The van der Waals surface area contributed by atoms with Gasteiger partial charge in [0.1, 0.15) is 6.10 Å². The molecule has 21 heavy (non-hydrogen) atoms. The van der Waals surface area contributed by atoms with Gasteiger partial charge in [-0.05, 0) is 12.1 Å². The van der Waals surface area contributed by atoms with Crippen LogP contribution in [-0.2, 0) is 11.8 Å². The molecule has 3 heterocycles. The maximum absolute atomic E-state index is 11.7. The van der Waals surface area contributed by atoms with Crippen molar-refractivity contribution in [2.75, 3.05) is 7.11 Å². The van der Waals surface area contributed by atoms with E-state index in [0.717, 1.165) is 0 Å². The van der Waals surface area contributed by atoms with E-state index in [1.165, 1.54) is 13.3 Å². The van der Waals surface area contributed by atoms with Crippen LogP contribution in [0.1, 0.15) is 27.7 Å². The summed E-state index contributed by atoms with van der Waals surface area (Å²) in [5, 5.41) is 14.4. The minimum absolute atomic E-state index is 0.382. The third kappa shape index (κ3) is 2.27. The van der Waals surface area contributed by atoms with Crippen LogP contribution in [0.3, 0.4) is 0 Å². The molecule has 0 bridgehead atoms. The van der Waals surface area contributed by atoms with E-state index in [4.69, 9.17) is 4.74 Å². The lowest BCUT2D eigenvalue weighted by molar-refractivity contribution is 0.0602. The van der Waals surface area contributed by atoms with Crippen LogP contribution in [0.25, 0.3) is 11.0 Å². The van der Waals surface area contributed by atoms with E-state index in [-0.39, 0.29) is 0 Å². The van der Waals surface area contributed by atoms with Crippen molar-refractivity contribution < 1.29 is 14.6 Å². The number of rotatable bonds is 3. The predicted octanol–water partition coefficient (Wildman–Crippen LogP) is 1.16. The molecule has 2 N–H and O–H groups in total. The van der Waals surface area contributed by atoms with E-state index >= 15 is 0 Å². The van der Waals surface area contributed by atoms with Crippen molar-refractivity contribution in [2.45, 2.75) is 6.10 Å². The van der Waals surface area contributed by atoms with Gasteiger partial charge in [-0.2, -0.15) is 5.10 Å². The molecule has 1 atom stereocenters. The smallest absolute Gasteiger partial charge is 0.340 e. The number of fused-ring (bicyclic) bond motifs is 1. The van der Waals surface area contributed by atoms with E-state index < -0.39 is 12.1 Å². The second-order valence-corrected chi connectivity index (χ2v) is 4.68. The number of aliphatic hydroxyl groups is 1. The first-order chi connectivity index (χ1) is 10.1. The van der Waals surface area contributed by atoms with E-state index in [1.54, 1.807) is 36.3 Å². The molecule has 3 aromatic heterocycles. The number of esters is 1. The van der Waals surface area contributed by atoms with E-state index in [2.05, 4.69) is 15.1 Å². The van der Waals surface area contributed by atoms with Crippen molar-refractivity contribution >= 4 is 17.0 Å². The molecule has 0 amide bonds.